The van der Waals surface area contributed by atoms with Gasteiger partial charge < -0.3 is 15.4 Å². The fourth-order valence-corrected chi connectivity index (χ4v) is 1.72. The maximum absolute atomic E-state index is 13.3. The van der Waals surface area contributed by atoms with E-state index in [9.17, 15) is 14.0 Å². The highest BCUT2D eigenvalue weighted by atomic mass is 19.1. The average Bonchev–Trinajstić information content (AvgIpc) is 2.51. The second kappa shape index (κ2) is 7.21. The van der Waals surface area contributed by atoms with Gasteiger partial charge in [-0.3, -0.25) is 4.79 Å². The van der Waals surface area contributed by atoms with Gasteiger partial charge in [0, 0.05) is 11.3 Å². The van der Waals surface area contributed by atoms with Crippen LogP contribution in [-0.4, -0.2) is 18.5 Å². The molecule has 0 saturated carbocycles. The molecule has 0 spiro atoms. The smallest absolute Gasteiger partial charge is 0.410 e. The minimum absolute atomic E-state index is 0.276. The quantitative estimate of drug-likeness (QED) is 0.912. The molecule has 2 aromatic carbocycles. The van der Waals surface area contributed by atoms with E-state index in [1.165, 1.54) is 12.1 Å². The third-order valence-electron chi connectivity index (χ3n) is 2.89. The third kappa shape index (κ3) is 4.31. The van der Waals surface area contributed by atoms with Crippen molar-refractivity contribution < 1.29 is 18.7 Å². The van der Waals surface area contributed by atoms with Gasteiger partial charge >= 0.3 is 6.09 Å². The number of halogens is 1. The first-order chi connectivity index (χ1) is 10.6. The summed E-state index contributed by atoms with van der Waals surface area (Å²) in [7, 11) is 0. The van der Waals surface area contributed by atoms with Crippen LogP contribution in [0.2, 0.25) is 0 Å². The third-order valence-corrected chi connectivity index (χ3v) is 2.89. The van der Waals surface area contributed by atoms with E-state index < -0.39 is 17.8 Å². The Kier molecular flexibility index (Phi) is 5.08. The van der Waals surface area contributed by atoms with Crippen molar-refractivity contribution in [2.24, 2.45) is 0 Å². The van der Waals surface area contributed by atoms with Crippen LogP contribution in [0.25, 0.3) is 0 Å². The van der Waals surface area contributed by atoms with Gasteiger partial charge in [-0.05, 0) is 31.2 Å². The van der Waals surface area contributed by atoms with Gasteiger partial charge in [0.25, 0.3) is 0 Å². The molecule has 2 aromatic rings. The van der Waals surface area contributed by atoms with Crippen molar-refractivity contribution in [2.45, 2.75) is 6.92 Å². The van der Waals surface area contributed by atoms with Crippen LogP contribution in [0.5, 0.6) is 5.75 Å². The van der Waals surface area contributed by atoms with Gasteiger partial charge in [-0.25, -0.2) is 9.18 Å². The molecule has 2 rings (SSSR count). The second-order valence-electron chi connectivity index (χ2n) is 4.52. The fraction of sp³-hybridized carbons (Fsp3) is 0.125. The molecule has 0 aliphatic carbocycles. The Morgan fingerprint density at radius 3 is 2.55 bits per heavy atom. The van der Waals surface area contributed by atoms with Crippen LogP contribution in [0.15, 0.2) is 48.5 Å². The van der Waals surface area contributed by atoms with Crippen LogP contribution in [0.3, 0.4) is 0 Å². The summed E-state index contributed by atoms with van der Waals surface area (Å²) in [5.41, 5.74) is 0.700. The van der Waals surface area contributed by atoms with Crippen molar-refractivity contribution in [3.8, 4) is 5.75 Å². The van der Waals surface area contributed by atoms with Crippen molar-refractivity contribution in [3.05, 3.63) is 59.9 Å². The maximum Gasteiger partial charge on any atom is 0.413 e. The van der Waals surface area contributed by atoms with Gasteiger partial charge in [0.15, 0.2) is 0 Å². The number of ether oxygens (including phenoxy) is 1. The monoisotopic (exact) mass is 302 g/mol. The molecule has 0 atom stereocenters. The zero-order valence-corrected chi connectivity index (χ0v) is 11.9. The first-order valence-corrected chi connectivity index (χ1v) is 6.62. The molecule has 0 heterocycles. The summed E-state index contributed by atoms with van der Waals surface area (Å²) in [5.74, 6) is -0.505. The van der Waals surface area contributed by atoms with E-state index in [1.807, 2.05) is 0 Å². The highest BCUT2D eigenvalue weighted by Gasteiger charge is 2.10. The van der Waals surface area contributed by atoms with Crippen molar-refractivity contribution in [2.75, 3.05) is 11.9 Å². The van der Waals surface area contributed by atoms with Crippen molar-refractivity contribution >= 4 is 17.7 Å². The standard InChI is InChI=1S/C16H15FN2O3/c1-11-13(17)8-5-9-14(11)19-15(20)10-18-16(21)22-12-6-3-2-4-7-12/h2-9H,10H2,1H3,(H,18,21)(H,19,20). The van der Waals surface area contributed by atoms with Crippen molar-refractivity contribution in [3.63, 3.8) is 0 Å². The number of anilines is 1. The highest BCUT2D eigenvalue weighted by Crippen LogP contribution is 2.17. The van der Waals surface area contributed by atoms with Crippen LogP contribution < -0.4 is 15.4 Å². The molecule has 22 heavy (non-hydrogen) atoms. The number of carbonyl (C=O) groups excluding carboxylic acids is 2. The molecule has 0 radical (unpaired) electrons. The van der Waals surface area contributed by atoms with E-state index in [-0.39, 0.29) is 6.54 Å². The zero-order valence-electron chi connectivity index (χ0n) is 11.9. The van der Waals surface area contributed by atoms with Crippen molar-refractivity contribution in [1.29, 1.82) is 0 Å². The number of hydrogen-bond donors (Lipinski definition) is 2. The molecule has 0 aromatic heterocycles. The number of benzene rings is 2. The summed E-state index contributed by atoms with van der Waals surface area (Å²) >= 11 is 0. The molecule has 2 amide bonds. The lowest BCUT2D eigenvalue weighted by Gasteiger charge is -2.10. The minimum Gasteiger partial charge on any atom is -0.410 e. The van der Waals surface area contributed by atoms with Crippen LogP contribution in [0, 0.1) is 12.7 Å². The van der Waals surface area contributed by atoms with Crippen LogP contribution in [0.1, 0.15) is 5.56 Å². The van der Waals surface area contributed by atoms with Crippen molar-refractivity contribution in [1.82, 2.24) is 5.32 Å². The molecule has 0 saturated heterocycles. The number of amides is 2. The maximum atomic E-state index is 13.3. The lowest BCUT2D eigenvalue weighted by atomic mass is 10.2. The molecule has 0 unspecified atom stereocenters. The summed E-state index contributed by atoms with van der Waals surface area (Å²) in [6.07, 6.45) is -0.739. The Balaban J connectivity index is 1.83. The van der Waals surface area contributed by atoms with Gasteiger partial charge in [0.2, 0.25) is 5.91 Å². The Morgan fingerprint density at radius 1 is 1.09 bits per heavy atom. The zero-order chi connectivity index (χ0) is 15.9. The summed E-state index contributed by atoms with van der Waals surface area (Å²) in [6, 6.07) is 12.9. The number of carbonyl (C=O) groups is 2. The summed E-state index contributed by atoms with van der Waals surface area (Å²) in [4.78, 5) is 23.2. The number of nitrogens with one attached hydrogen (secondary N) is 2. The Labute approximate surface area is 127 Å². The lowest BCUT2D eigenvalue weighted by molar-refractivity contribution is -0.115. The van der Waals surface area contributed by atoms with E-state index in [1.54, 1.807) is 43.3 Å². The fourth-order valence-electron chi connectivity index (χ4n) is 1.72. The Hall–Kier alpha value is -2.89. The molecule has 5 nitrogen and oxygen atoms in total. The molecule has 0 bridgehead atoms. The van der Waals surface area contributed by atoms with Gasteiger partial charge in [0.1, 0.15) is 18.1 Å². The largest absolute Gasteiger partial charge is 0.413 e. The van der Waals surface area contributed by atoms with E-state index in [0.717, 1.165) is 0 Å². The number of para-hydroxylation sites is 1. The SMILES string of the molecule is Cc1c(F)cccc1NC(=O)CNC(=O)Oc1ccccc1. The van der Waals surface area contributed by atoms with Gasteiger partial charge in [-0.2, -0.15) is 0 Å². The molecular formula is C16H15FN2O3. The molecule has 2 N–H and O–H groups in total. The summed E-state index contributed by atoms with van der Waals surface area (Å²) in [5, 5.41) is 4.84. The van der Waals surface area contributed by atoms with Gasteiger partial charge in [-0.15, -0.1) is 0 Å². The van der Waals surface area contributed by atoms with Gasteiger partial charge in [-0.1, -0.05) is 24.3 Å². The van der Waals surface area contributed by atoms with Crippen LogP contribution in [0.4, 0.5) is 14.9 Å². The number of hydrogen-bond acceptors (Lipinski definition) is 3. The van der Waals surface area contributed by atoms with E-state index in [2.05, 4.69) is 10.6 Å². The first-order valence-electron chi connectivity index (χ1n) is 6.62. The van der Waals surface area contributed by atoms with Gasteiger partial charge in [0.05, 0.1) is 0 Å². The lowest BCUT2D eigenvalue weighted by Crippen LogP contribution is -2.34. The molecule has 0 aliphatic rings. The highest BCUT2D eigenvalue weighted by molar-refractivity contribution is 5.94. The molecule has 6 heteroatoms. The topological polar surface area (TPSA) is 67.4 Å². The Bertz CT molecular complexity index is 674. The molecule has 114 valence electrons. The van der Waals surface area contributed by atoms with Crippen LogP contribution in [-0.2, 0) is 4.79 Å². The summed E-state index contributed by atoms with van der Waals surface area (Å²) in [6.45, 7) is 1.28. The predicted octanol–water partition coefficient (Wildman–Crippen LogP) is 2.86. The minimum atomic E-state index is -0.739. The Morgan fingerprint density at radius 2 is 1.82 bits per heavy atom. The first kappa shape index (κ1) is 15.5. The second-order valence-corrected chi connectivity index (χ2v) is 4.52. The van der Waals surface area contributed by atoms with E-state index in [4.69, 9.17) is 4.74 Å². The molecular weight excluding hydrogens is 287 g/mol. The van der Waals surface area contributed by atoms with E-state index in [0.29, 0.717) is 17.0 Å². The van der Waals surface area contributed by atoms with E-state index >= 15 is 0 Å². The number of rotatable bonds is 4. The average molecular weight is 302 g/mol. The van der Waals surface area contributed by atoms with Crippen LogP contribution >= 0.6 is 0 Å². The normalized spacial score (nSPS) is 9.91. The predicted molar refractivity (Wildman–Crippen MR) is 80.2 cm³/mol. The summed E-state index contributed by atoms with van der Waals surface area (Å²) < 4.78 is 18.3. The molecule has 0 aliphatic heterocycles. The molecule has 0 fully saturated rings.